The monoisotopic (exact) mass is 340 g/mol. The summed E-state index contributed by atoms with van der Waals surface area (Å²) >= 11 is 13.3. The molecule has 1 amide bonds. The van der Waals surface area contributed by atoms with E-state index in [0.717, 1.165) is 16.1 Å². The molecule has 0 aliphatic heterocycles. The Morgan fingerprint density at radius 2 is 2.05 bits per heavy atom. The summed E-state index contributed by atoms with van der Waals surface area (Å²) in [6.07, 6.45) is 0. The minimum Gasteiger partial charge on any atom is -0.398 e. The fourth-order valence-electron chi connectivity index (χ4n) is 1.77. The van der Waals surface area contributed by atoms with Crippen molar-refractivity contribution in [3.05, 3.63) is 52.0 Å². The van der Waals surface area contributed by atoms with Crippen molar-refractivity contribution in [3.63, 3.8) is 0 Å². The van der Waals surface area contributed by atoms with Gasteiger partial charge in [-0.2, -0.15) is 0 Å². The van der Waals surface area contributed by atoms with Crippen LogP contribution in [0.5, 0.6) is 0 Å². The SMILES string of the molecule is Cc1cc(Cl)ccc1NC(=O)CSc1c(N)cccc1Cl. The average molecular weight is 341 g/mol. The van der Waals surface area contributed by atoms with Gasteiger partial charge in [0, 0.05) is 21.3 Å². The van der Waals surface area contributed by atoms with E-state index in [1.165, 1.54) is 11.8 Å². The minimum atomic E-state index is -0.121. The van der Waals surface area contributed by atoms with Crippen molar-refractivity contribution < 1.29 is 4.79 Å². The summed E-state index contributed by atoms with van der Waals surface area (Å²) in [5.74, 6) is 0.112. The van der Waals surface area contributed by atoms with E-state index < -0.39 is 0 Å². The summed E-state index contributed by atoms with van der Waals surface area (Å²) in [6.45, 7) is 1.89. The quantitative estimate of drug-likeness (QED) is 0.630. The first-order valence-electron chi connectivity index (χ1n) is 6.20. The lowest BCUT2D eigenvalue weighted by molar-refractivity contribution is -0.113. The Morgan fingerprint density at radius 3 is 2.71 bits per heavy atom. The smallest absolute Gasteiger partial charge is 0.234 e. The van der Waals surface area contributed by atoms with Gasteiger partial charge < -0.3 is 11.1 Å². The number of halogens is 2. The van der Waals surface area contributed by atoms with Crippen LogP contribution < -0.4 is 11.1 Å². The molecule has 2 rings (SSSR count). The van der Waals surface area contributed by atoms with Crippen molar-refractivity contribution in [2.24, 2.45) is 0 Å². The van der Waals surface area contributed by atoms with Crippen LogP contribution >= 0.6 is 35.0 Å². The number of amides is 1. The Morgan fingerprint density at radius 1 is 1.29 bits per heavy atom. The standard InChI is InChI=1S/C15H14Cl2N2OS/c1-9-7-10(16)5-6-13(9)19-14(20)8-21-15-11(17)3-2-4-12(15)18/h2-7H,8,18H2,1H3,(H,19,20). The van der Waals surface area contributed by atoms with Gasteiger partial charge in [-0.25, -0.2) is 0 Å². The summed E-state index contributed by atoms with van der Waals surface area (Å²) in [4.78, 5) is 12.7. The Bertz CT molecular complexity index is 656. The molecular weight excluding hydrogens is 327 g/mol. The van der Waals surface area contributed by atoms with Crippen molar-refractivity contribution in [2.75, 3.05) is 16.8 Å². The van der Waals surface area contributed by atoms with Gasteiger partial charge >= 0.3 is 0 Å². The van der Waals surface area contributed by atoms with E-state index in [-0.39, 0.29) is 11.7 Å². The first-order chi connectivity index (χ1) is 9.97. The van der Waals surface area contributed by atoms with E-state index in [1.54, 1.807) is 36.4 Å². The number of carbonyl (C=O) groups is 1. The van der Waals surface area contributed by atoms with Gasteiger partial charge in [-0.15, -0.1) is 11.8 Å². The maximum absolute atomic E-state index is 12.0. The van der Waals surface area contributed by atoms with Crippen molar-refractivity contribution >= 4 is 52.2 Å². The molecule has 0 saturated heterocycles. The number of nitrogen functional groups attached to an aromatic ring is 1. The second kappa shape index (κ2) is 7.07. The van der Waals surface area contributed by atoms with E-state index in [4.69, 9.17) is 28.9 Å². The van der Waals surface area contributed by atoms with E-state index in [1.807, 2.05) is 6.92 Å². The lowest BCUT2D eigenvalue weighted by atomic mass is 10.2. The first kappa shape index (κ1) is 16.0. The molecule has 21 heavy (non-hydrogen) atoms. The van der Waals surface area contributed by atoms with Crippen LogP contribution in [0.25, 0.3) is 0 Å². The highest BCUT2D eigenvalue weighted by Gasteiger charge is 2.10. The fourth-order valence-corrected chi connectivity index (χ4v) is 3.13. The number of carbonyl (C=O) groups excluding carboxylic acids is 1. The highest BCUT2D eigenvalue weighted by atomic mass is 35.5. The van der Waals surface area contributed by atoms with E-state index in [9.17, 15) is 4.79 Å². The molecule has 2 aromatic carbocycles. The molecule has 110 valence electrons. The Hall–Kier alpha value is -1.36. The molecule has 0 bridgehead atoms. The van der Waals surface area contributed by atoms with Gasteiger partial charge in [-0.05, 0) is 42.8 Å². The van der Waals surface area contributed by atoms with Crippen LogP contribution in [0.3, 0.4) is 0 Å². The molecule has 0 fully saturated rings. The van der Waals surface area contributed by atoms with Crippen molar-refractivity contribution in [1.29, 1.82) is 0 Å². The number of rotatable bonds is 4. The summed E-state index contributed by atoms with van der Waals surface area (Å²) in [5, 5.41) is 4.04. The highest BCUT2D eigenvalue weighted by molar-refractivity contribution is 8.00. The van der Waals surface area contributed by atoms with E-state index >= 15 is 0 Å². The molecule has 3 N–H and O–H groups in total. The summed E-state index contributed by atoms with van der Waals surface area (Å²) in [7, 11) is 0. The summed E-state index contributed by atoms with van der Waals surface area (Å²) in [5.41, 5.74) is 8.08. The maximum Gasteiger partial charge on any atom is 0.234 e. The normalized spacial score (nSPS) is 10.4. The molecule has 0 aliphatic rings. The predicted octanol–water partition coefficient (Wildman–Crippen LogP) is 4.61. The van der Waals surface area contributed by atoms with Gasteiger partial charge in [0.05, 0.1) is 10.8 Å². The van der Waals surface area contributed by atoms with Crippen molar-refractivity contribution in [1.82, 2.24) is 0 Å². The fraction of sp³-hybridized carbons (Fsp3) is 0.133. The third-order valence-corrected chi connectivity index (χ3v) is 4.62. The molecule has 0 unspecified atom stereocenters. The average Bonchev–Trinajstić information content (AvgIpc) is 2.41. The first-order valence-corrected chi connectivity index (χ1v) is 7.94. The van der Waals surface area contributed by atoms with Gasteiger partial charge in [0.25, 0.3) is 0 Å². The molecule has 0 atom stereocenters. The Labute approximate surface area is 137 Å². The third kappa shape index (κ3) is 4.30. The number of benzene rings is 2. The maximum atomic E-state index is 12.0. The van der Waals surface area contributed by atoms with Crippen LogP contribution in [0.4, 0.5) is 11.4 Å². The number of hydrogen-bond acceptors (Lipinski definition) is 3. The number of nitrogens with two attached hydrogens (primary N) is 1. The molecular formula is C15H14Cl2N2OS. The zero-order valence-electron chi connectivity index (χ0n) is 11.3. The van der Waals surface area contributed by atoms with Crippen molar-refractivity contribution in [3.8, 4) is 0 Å². The molecule has 0 spiro atoms. The predicted molar refractivity (Wildman–Crippen MR) is 91.4 cm³/mol. The molecule has 0 aromatic heterocycles. The molecule has 0 saturated carbocycles. The molecule has 2 aromatic rings. The molecule has 0 heterocycles. The second-order valence-electron chi connectivity index (χ2n) is 4.45. The summed E-state index contributed by atoms with van der Waals surface area (Å²) in [6, 6.07) is 10.6. The Kier molecular flexibility index (Phi) is 5.39. The topological polar surface area (TPSA) is 55.1 Å². The van der Waals surface area contributed by atoms with Gasteiger partial charge in [0.1, 0.15) is 0 Å². The molecule has 6 heteroatoms. The van der Waals surface area contributed by atoms with E-state index in [2.05, 4.69) is 5.32 Å². The molecule has 0 radical (unpaired) electrons. The number of hydrogen-bond donors (Lipinski definition) is 2. The van der Waals surface area contributed by atoms with Gasteiger partial charge in [-0.3, -0.25) is 4.79 Å². The largest absolute Gasteiger partial charge is 0.398 e. The lowest BCUT2D eigenvalue weighted by Crippen LogP contribution is -2.15. The minimum absolute atomic E-state index is 0.121. The van der Waals surface area contributed by atoms with Crippen LogP contribution in [0.15, 0.2) is 41.3 Å². The number of anilines is 2. The molecule has 0 aliphatic carbocycles. The Balaban J connectivity index is 1.99. The van der Waals surface area contributed by atoms with Crippen molar-refractivity contribution in [2.45, 2.75) is 11.8 Å². The number of thioether (sulfide) groups is 1. The zero-order valence-corrected chi connectivity index (χ0v) is 13.6. The van der Waals surface area contributed by atoms with Gasteiger partial charge in [0.15, 0.2) is 0 Å². The summed E-state index contributed by atoms with van der Waals surface area (Å²) < 4.78 is 0. The van der Waals surface area contributed by atoms with Gasteiger partial charge in [0.2, 0.25) is 5.91 Å². The van der Waals surface area contributed by atoms with E-state index in [0.29, 0.717) is 15.7 Å². The van der Waals surface area contributed by atoms with Crippen LogP contribution in [-0.4, -0.2) is 11.7 Å². The number of nitrogens with one attached hydrogen (secondary N) is 1. The van der Waals surface area contributed by atoms with Crippen LogP contribution in [0.2, 0.25) is 10.0 Å². The van der Waals surface area contributed by atoms with Crippen LogP contribution in [0, 0.1) is 6.92 Å². The highest BCUT2D eigenvalue weighted by Crippen LogP contribution is 2.32. The molecule has 3 nitrogen and oxygen atoms in total. The van der Waals surface area contributed by atoms with Gasteiger partial charge in [-0.1, -0.05) is 29.3 Å². The van der Waals surface area contributed by atoms with Crippen LogP contribution in [-0.2, 0) is 4.79 Å². The van der Waals surface area contributed by atoms with Crippen LogP contribution in [0.1, 0.15) is 5.56 Å². The number of aryl methyl sites for hydroxylation is 1. The third-order valence-electron chi connectivity index (χ3n) is 2.81. The zero-order chi connectivity index (χ0) is 15.4. The second-order valence-corrected chi connectivity index (χ2v) is 6.28. The lowest BCUT2D eigenvalue weighted by Gasteiger charge is -2.10.